The summed E-state index contributed by atoms with van der Waals surface area (Å²) < 4.78 is 5.30. The molecule has 1 aliphatic rings. The summed E-state index contributed by atoms with van der Waals surface area (Å²) in [4.78, 5) is 10.5. The van der Waals surface area contributed by atoms with Crippen LogP contribution in [0.5, 0.6) is 5.75 Å². The summed E-state index contributed by atoms with van der Waals surface area (Å²) in [5.74, 6) is 0.762. The van der Waals surface area contributed by atoms with Gasteiger partial charge in [-0.15, -0.1) is 0 Å². The third-order valence-corrected chi connectivity index (χ3v) is 1.81. The number of ether oxygens (including phenoxy) is 1. The van der Waals surface area contributed by atoms with E-state index in [4.69, 9.17) is 4.74 Å². The maximum atomic E-state index is 10.5. The molecular weight excluding hydrogens is 152 g/mol. The number of allylic oxidation sites excluding steroid dienone is 1. The molecule has 0 atom stereocenters. The van der Waals surface area contributed by atoms with Gasteiger partial charge in [0.15, 0.2) is 0 Å². The third-order valence-electron chi connectivity index (χ3n) is 1.81. The van der Waals surface area contributed by atoms with Crippen molar-refractivity contribution in [3.63, 3.8) is 0 Å². The number of hydrogen-bond acceptors (Lipinski definition) is 2. The average Bonchev–Trinajstić information content (AvgIpc) is 2.17. The molecule has 0 aromatic heterocycles. The first-order valence-corrected chi connectivity index (χ1v) is 3.72. The van der Waals surface area contributed by atoms with E-state index in [1.807, 2.05) is 30.6 Å². The molecular formula is C10H7O2. The smallest absolute Gasteiger partial charge is 0.234 e. The lowest BCUT2D eigenvalue weighted by Gasteiger charge is -2.13. The summed E-state index contributed by atoms with van der Waals surface area (Å²) in [5, 5.41) is 0. The van der Waals surface area contributed by atoms with E-state index in [0.717, 1.165) is 11.3 Å². The topological polar surface area (TPSA) is 26.3 Å². The molecule has 0 saturated heterocycles. The van der Waals surface area contributed by atoms with Crippen molar-refractivity contribution in [2.75, 3.05) is 6.61 Å². The van der Waals surface area contributed by atoms with Crippen molar-refractivity contribution in [3.05, 3.63) is 35.9 Å². The van der Waals surface area contributed by atoms with E-state index in [1.54, 1.807) is 6.08 Å². The van der Waals surface area contributed by atoms with E-state index in [1.165, 1.54) is 0 Å². The van der Waals surface area contributed by atoms with Crippen LogP contribution in [0, 0.1) is 0 Å². The zero-order chi connectivity index (χ0) is 8.39. The Kier molecular flexibility index (Phi) is 1.67. The summed E-state index contributed by atoms with van der Waals surface area (Å²) in [6.45, 7) is 0.460. The minimum Gasteiger partial charge on any atom is -0.489 e. The lowest BCUT2D eigenvalue weighted by Crippen LogP contribution is -2.04. The molecule has 1 aliphatic heterocycles. The normalized spacial score (nSPS) is 14.2. The second-order valence-electron chi connectivity index (χ2n) is 2.53. The Bertz CT molecular complexity index is 339. The fraction of sp³-hybridized carbons (Fsp3) is 0.100. The first-order valence-electron chi connectivity index (χ1n) is 3.72. The molecule has 0 bridgehead atoms. The van der Waals surface area contributed by atoms with Crippen molar-refractivity contribution in [2.45, 2.75) is 0 Å². The molecule has 0 spiro atoms. The summed E-state index contributed by atoms with van der Waals surface area (Å²) in [6.07, 6.45) is 3.62. The number of rotatable bonds is 1. The predicted molar refractivity (Wildman–Crippen MR) is 45.6 cm³/mol. The molecule has 1 aromatic rings. The SMILES string of the molecule is O=[C]C1=CCOc2ccccc21. The van der Waals surface area contributed by atoms with Crippen LogP contribution in [0.3, 0.4) is 0 Å². The zero-order valence-electron chi connectivity index (χ0n) is 6.41. The molecule has 0 unspecified atom stereocenters. The Morgan fingerprint density at radius 3 is 3.00 bits per heavy atom. The van der Waals surface area contributed by atoms with Crippen LogP contribution >= 0.6 is 0 Å². The predicted octanol–water partition coefficient (Wildman–Crippen LogP) is 1.57. The third kappa shape index (κ3) is 1.01. The number of fused-ring (bicyclic) bond motifs is 1. The van der Waals surface area contributed by atoms with Gasteiger partial charge in [-0.2, -0.15) is 0 Å². The molecule has 0 fully saturated rings. The molecule has 1 aromatic carbocycles. The van der Waals surface area contributed by atoms with E-state index in [9.17, 15) is 4.79 Å². The number of hydrogen-bond donors (Lipinski definition) is 0. The van der Waals surface area contributed by atoms with Crippen molar-refractivity contribution < 1.29 is 9.53 Å². The van der Waals surface area contributed by atoms with E-state index in [0.29, 0.717) is 12.2 Å². The second kappa shape index (κ2) is 2.81. The van der Waals surface area contributed by atoms with Gasteiger partial charge in [0.1, 0.15) is 12.4 Å². The minimum atomic E-state index is 0.460. The fourth-order valence-corrected chi connectivity index (χ4v) is 1.24. The van der Waals surface area contributed by atoms with Gasteiger partial charge in [-0.05, 0) is 12.1 Å². The highest BCUT2D eigenvalue weighted by atomic mass is 16.5. The lowest BCUT2D eigenvalue weighted by molar-refractivity contribution is 0.357. The Labute approximate surface area is 70.5 Å². The van der Waals surface area contributed by atoms with E-state index in [2.05, 4.69) is 0 Å². The largest absolute Gasteiger partial charge is 0.489 e. The summed E-state index contributed by atoms with van der Waals surface area (Å²) in [6, 6.07) is 7.45. The van der Waals surface area contributed by atoms with Crippen LogP contribution in [-0.2, 0) is 4.79 Å². The highest BCUT2D eigenvalue weighted by Crippen LogP contribution is 2.27. The van der Waals surface area contributed by atoms with Gasteiger partial charge in [-0.25, -0.2) is 0 Å². The first kappa shape index (κ1) is 7.10. The van der Waals surface area contributed by atoms with Gasteiger partial charge in [-0.3, -0.25) is 4.79 Å². The van der Waals surface area contributed by atoms with Crippen LogP contribution in [-0.4, -0.2) is 12.9 Å². The van der Waals surface area contributed by atoms with Crippen LogP contribution in [0.1, 0.15) is 5.56 Å². The number of para-hydroxylation sites is 1. The van der Waals surface area contributed by atoms with Gasteiger partial charge in [0.2, 0.25) is 6.29 Å². The lowest BCUT2D eigenvalue weighted by atomic mass is 10.0. The van der Waals surface area contributed by atoms with Crippen LogP contribution in [0.2, 0.25) is 0 Å². The summed E-state index contributed by atoms with van der Waals surface area (Å²) in [5.41, 5.74) is 1.43. The Morgan fingerprint density at radius 2 is 2.17 bits per heavy atom. The molecule has 2 heteroatoms. The minimum absolute atomic E-state index is 0.460. The number of carbonyl (C=O) groups excluding carboxylic acids is 1. The maximum Gasteiger partial charge on any atom is 0.234 e. The molecule has 59 valence electrons. The monoisotopic (exact) mass is 159 g/mol. The molecule has 0 saturated carbocycles. The summed E-state index contributed by atoms with van der Waals surface area (Å²) in [7, 11) is 0. The van der Waals surface area contributed by atoms with Gasteiger partial charge in [0.25, 0.3) is 0 Å². The molecule has 0 N–H and O–H groups in total. The standard InChI is InChI=1S/C10H7O2/c11-7-8-5-6-12-10-4-2-1-3-9(8)10/h1-5H,6H2. The van der Waals surface area contributed by atoms with E-state index in [-0.39, 0.29) is 0 Å². The highest BCUT2D eigenvalue weighted by molar-refractivity contribution is 6.08. The molecule has 2 rings (SSSR count). The van der Waals surface area contributed by atoms with Gasteiger partial charge in [0.05, 0.1) is 0 Å². The van der Waals surface area contributed by atoms with E-state index >= 15 is 0 Å². The molecule has 1 heterocycles. The quantitative estimate of drug-likeness (QED) is 0.621. The Morgan fingerprint density at radius 1 is 1.33 bits per heavy atom. The van der Waals surface area contributed by atoms with Crippen LogP contribution < -0.4 is 4.74 Å². The molecule has 0 amide bonds. The van der Waals surface area contributed by atoms with Gasteiger partial charge < -0.3 is 4.74 Å². The van der Waals surface area contributed by atoms with Gasteiger partial charge >= 0.3 is 0 Å². The van der Waals surface area contributed by atoms with Crippen LogP contribution in [0.25, 0.3) is 5.57 Å². The van der Waals surface area contributed by atoms with E-state index < -0.39 is 0 Å². The molecule has 0 aliphatic carbocycles. The van der Waals surface area contributed by atoms with Crippen LogP contribution in [0.15, 0.2) is 30.3 Å². The first-order chi connectivity index (χ1) is 5.92. The molecule has 12 heavy (non-hydrogen) atoms. The van der Waals surface area contributed by atoms with Crippen molar-refractivity contribution in [3.8, 4) is 5.75 Å². The highest BCUT2D eigenvalue weighted by Gasteiger charge is 2.11. The maximum absolute atomic E-state index is 10.5. The van der Waals surface area contributed by atoms with Crippen molar-refractivity contribution in [1.29, 1.82) is 0 Å². The fourth-order valence-electron chi connectivity index (χ4n) is 1.24. The Hall–Kier alpha value is -1.57. The molecule has 1 radical (unpaired) electrons. The van der Waals surface area contributed by atoms with Gasteiger partial charge in [0, 0.05) is 11.1 Å². The van der Waals surface area contributed by atoms with Crippen LogP contribution in [0.4, 0.5) is 0 Å². The Balaban J connectivity index is 2.55. The number of benzene rings is 1. The zero-order valence-corrected chi connectivity index (χ0v) is 6.41. The van der Waals surface area contributed by atoms with Gasteiger partial charge in [-0.1, -0.05) is 18.2 Å². The second-order valence-corrected chi connectivity index (χ2v) is 2.53. The van der Waals surface area contributed by atoms with Crippen molar-refractivity contribution in [1.82, 2.24) is 0 Å². The average molecular weight is 159 g/mol. The van der Waals surface area contributed by atoms with Crippen molar-refractivity contribution in [2.24, 2.45) is 0 Å². The summed E-state index contributed by atoms with van der Waals surface area (Å²) >= 11 is 0. The molecule has 2 nitrogen and oxygen atoms in total. The van der Waals surface area contributed by atoms with Crippen molar-refractivity contribution >= 4 is 11.9 Å².